The fourth-order valence-electron chi connectivity index (χ4n) is 2.53. The summed E-state index contributed by atoms with van der Waals surface area (Å²) in [4.78, 5) is 0. The van der Waals surface area contributed by atoms with E-state index < -0.39 is 0 Å². The van der Waals surface area contributed by atoms with E-state index in [1.54, 1.807) is 7.11 Å². The summed E-state index contributed by atoms with van der Waals surface area (Å²) in [7, 11) is 1.67. The Morgan fingerprint density at radius 1 is 1.10 bits per heavy atom. The molecule has 1 unspecified atom stereocenters. The molecule has 2 aromatic carbocycles. The Bertz CT molecular complexity index is 583. The van der Waals surface area contributed by atoms with Crippen LogP contribution in [0.25, 0.3) is 0 Å². The fraction of sp³-hybridized carbons (Fsp3) is 0.294. The Kier molecular flexibility index (Phi) is 3.77. The molecule has 1 aliphatic heterocycles. The Labute approximate surface area is 119 Å². The van der Waals surface area contributed by atoms with E-state index in [4.69, 9.17) is 9.47 Å². The smallest absolute Gasteiger partial charge is 0.122 e. The van der Waals surface area contributed by atoms with Crippen molar-refractivity contribution in [2.24, 2.45) is 5.92 Å². The summed E-state index contributed by atoms with van der Waals surface area (Å²) in [5.41, 5.74) is 2.63. The molecule has 0 saturated heterocycles. The number of rotatable bonds is 4. The largest absolute Gasteiger partial charge is 0.497 e. The molecular weight excluding hydrogens is 250 g/mol. The molecule has 104 valence electrons. The van der Waals surface area contributed by atoms with Crippen LogP contribution in [0, 0.1) is 5.92 Å². The number of hydrogen-bond acceptors (Lipinski definition) is 3. The van der Waals surface area contributed by atoms with Crippen LogP contribution < -0.4 is 14.8 Å². The van der Waals surface area contributed by atoms with Crippen LogP contribution in [-0.4, -0.2) is 20.3 Å². The Hall–Kier alpha value is -2.16. The Morgan fingerprint density at radius 3 is 2.85 bits per heavy atom. The van der Waals surface area contributed by atoms with Crippen LogP contribution in [-0.2, 0) is 6.42 Å². The van der Waals surface area contributed by atoms with E-state index in [9.17, 15) is 0 Å². The van der Waals surface area contributed by atoms with Gasteiger partial charge in [-0.2, -0.15) is 0 Å². The number of ether oxygens (including phenoxy) is 2. The predicted molar refractivity (Wildman–Crippen MR) is 80.6 cm³/mol. The number of hydrogen-bond donors (Lipinski definition) is 1. The summed E-state index contributed by atoms with van der Waals surface area (Å²) in [5, 5.41) is 3.47. The van der Waals surface area contributed by atoms with E-state index in [2.05, 4.69) is 29.6 Å². The van der Waals surface area contributed by atoms with Crippen molar-refractivity contribution in [3.8, 4) is 11.5 Å². The van der Waals surface area contributed by atoms with E-state index in [-0.39, 0.29) is 0 Å². The van der Waals surface area contributed by atoms with Crippen molar-refractivity contribution in [3.05, 3.63) is 54.1 Å². The number of benzene rings is 2. The molecule has 3 nitrogen and oxygen atoms in total. The van der Waals surface area contributed by atoms with Gasteiger partial charge >= 0.3 is 0 Å². The topological polar surface area (TPSA) is 30.5 Å². The normalized spacial score (nSPS) is 16.9. The van der Waals surface area contributed by atoms with E-state index in [0.717, 1.165) is 24.5 Å². The molecule has 0 spiro atoms. The maximum Gasteiger partial charge on any atom is 0.122 e. The van der Waals surface area contributed by atoms with Crippen molar-refractivity contribution in [1.82, 2.24) is 0 Å². The van der Waals surface area contributed by atoms with Crippen LogP contribution in [0.3, 0.4) is 0 Å². The first kappa shape index (κ1) is 12.9. The zero-order valence-corrected chi connectivity index (χ0v) is 11.6. The minimum absolute atomic E-state index is 0.496. The molecule has 0 aromatic heterocycles. The SMILES string of the molecule is COc1cccc(OCC2CNc3ccccc3C2)c1. The lowest BCUT2D eigenvalue weighted by molar-refractivity contribution is 0.251. The molecule has 2 aromatic rings. The highest BCUT2D eigenvalue weighted by molar-refractivity contribution is 5.53. The van der Waals surface area contributed by atoms with Gasteiger partial charge in [-0.25, -0.2) is 0 Å². The number of fused-ring (bicyclic) bond motifs is 1. The molecule has 0 fully saturated rings. The highest BCUT2D eigenvalue weighted by Crippen LogP contribution is 2.25. The van der Waals surface area contributed by atoms with Gasteiger partial charge in [-0.15, -0.1) is 0 Å². The van der Waals surface area contributed by atoms with Gasteiger partial charge in [0.25, 0.3) is 0 Å². The number of nitrogens with one attached hydrogen (secondary N) is 1. The minimum Gasteiger partial charge on any atom is -0.497 e. The average Bonchev–Trinajstić information content (AvgIpc) is 2.53. The summed E-state index contributed by atoms with van der Waals surface area (Å²) in [6.07, 6.45) is 1.06. The molecule has 3 rings (SSSR count). The second kappa shape index (κ2) is 5.87. The molecule has 0 saturated carbocycles. The number of methoxy groups -OCH3 is 1. The average molecular weight is 269 g/mol. The molecule has 0 amide bonds. The molecule has 1 N–H and O–H groups in total. The van der Waals surface area contributed by atoms with Crippen LogP contribution in [0.5, 0.6) is 11.5 Å². The zero-order chi connectivity index (χ0) is 13.8. The van der Waals surface area contributed by atoms with Crippen LogP contribution in [0.2, 0.25) is 0 Å². The first-order chi connectivity index (χ1) is 9.85. The van der Waals surface area contributed by atoms with Gasteiger partial charge < -0.3 is 14.8 Å². The first-order valence-corrected chi connectivity index (χ1v) is 6.94. The second-order valence-electron chi connectivity index (χ2n) is 5.10. The summed E-state index contributed by atoms with van der Waals surface area (Å²) in [5.74, 6) is 2.19. The minimum atomic E-state index is 0.496. The lowest BCUT2D eigenvalue weighted by atomic mass is 9.95. The molecule has 3 heteroatoms. The Balaban J connectivity index is 1.60. The molecule has 0 radical (unpaired) electrons. The molecule has 0 aliphatic carbocycles. The predicted octanol–water partition coefficient (Wildman–Crippen LogP) is 3.36. The van der Waals surface area contributed by atoms with Crippen molar-refractivity contribution in [1.29, 1.82) is 0 Å². The molecule has 20 heavy (non-hydrogen) atoms. The summed E-state index contributed by atoms with van der Waals surface area (Å²) in [6, 6.07) is 16.2. The van der Waals surface area contributed by atoms with E-state index in [1.807, 2.05) is 24.3 Å². The summed E-state index contributed by atoms with van der Waals surface area (Å²) < 4.78 is 11.1. The zero-order valence-electron chi connectivity index (χ0n) is 11.6. The second-order valence-corrected chi connectivity index (χ2v) is 5.10. The molecule has 1 atom stereocenters. The molecule has 0 bridgehead atoms. The molecule has 1 aliphatic rings. The molecule has 1 heterocycles. The van der Waals surface area contributed by atoms with Crippen LogP contribution in [0.15, 0.2) is 48.5 Å². The van der Waals surface area contributed by atoms with Gasteiger partial charge in [-0.05, 0) is 30.2 Å². The van der Waals surface area contributed by atoms with Gasteiger partial charge in [0.2, 0.25) is 0 Å². The van der Waals surface area contributed by atoms with Crippen molar-refractivity contribution in [3.63, 3.8) is 0 Å². The van der Waals surface area contributed by atoms with E-state index in [1.165, 1.54) is 11.3 Å². The van der Waals surface area contributed by atoms with Crippen LogP contribution in [0.4, 0.5) is 5.69 Å². The van der Waals surface area contributed by atoms with E-state index in [0.29, 0.717) is 12.5 Å². The van der Waals surface area contributed by atoms with Gasteiger partial charge in [-0.3, -0.25) is 0 Å². The quantitative estimate of drug-likeness (QED) is 0.923. The highest BCUT2D eigenvalue weighted by Gasteiger charge is 2.18. The highest BCUT2D eigenvalue weighted by atomic mass is 16.5. The lowest BCUT2D eigenvalue weighted by Gasteiger charge is -2.26. The van der Waals surface area contributed by atoms with Gasteiger partial charge in [-0.1, -0.05) is 24.3 Å². The standard InChI is InChI=1S/C17H19NO2/c1-19-15-6-4-7-16(10-15)20-12-13-9-14-5-2-3-8-17(14)18-11-13/h2-8,10,13,18H,9,11-12H2,1H3. The van der Waals surface area contributed by atoms with Crippen molar-refractivity contribution < 1.29 is 9.47 Å². The van der Waals surface area contributed by atoms with Crippen LogP contribution in [0.1, 0.15) is 5.56 Å². The van der Waals surface area contributed by atoms with Crippen molar-refractivity contribution >= 4 is 5.69 Å². The van der Waals surface area contributed by atoms with Crippen molar-refractivity contribution in [2.75, 3.05) is 25.6 Å². The maximum atomic E-state index is 5.88. The third-order valence-corrected chi connectivity index (χ3v) is 3.63. The number of para-hydroxylation sites is 1. The number of anilines is 1. The monoisotopic (exact) mass is 269 g/mol. The van der Waals surface area contributed by atoms with Crippen LogP contribution >= 0.6 is 0 Å². The first-order valence-electron chi connectivity index (χ1n) is 6.94. The summed E-state index contributed by atoms with van der Waals surface area (Å²) >= 11 is 0. The summed E-state index contributed by atoms with van der Waals surface area (Å²) in [6.45, 7) is 1.68. The van der Waals surface area contributed by atoms with Gasteiger partial charge in [0.15, 0.2) is 0 Å². The third-order valence-electron chi connectivity index (χ3n) is 3.63. The molecular formula is C17H19NO2. The fourth-order valence-corrected chi connectivity index (χ4v) is 2.53. The van der Waals surface area contributed by atoms with Crippen molar-refractivity contribution in [2.45, 2.75) is 6.42 Å². The maximum absolute atomic E-state index is 5.88. The van der Waals surface area contributed by atoms with Gasteiger partial charge in [0, 0.05) is 24.2 Å². The Morgan fingerprint density at radius 2 is 1.95 bits per heavy atom. The van der Waals surface area contributed by atoms with Gasteiger partial charge in [0.1, 0.15) is 11.5 Å². The lowest BCUT2D eigenvalue weighted by Crippen LogP contribution is -2.27. The van der Waals surface area contributed by atoms with Gasteiger partial charge in [0.05, 0.1) is 13.7 Å². The van der Waals surface area contributed by atoms with E-state index >= 15 is 0 Å². The third kappa shape index (κ3) is 2.87.